The Morgan fingerprint density at radius 3 is 2.48 bits per heavy atom. The molecule has 2 aromatic rings. The molecule has 0 fully saturated rings. The van der Waals surface area contributed by atoms with Gasteiger partial charge in [0.15, 0.2) is 0 Å². The van der Waals surface area contributed by atoms with Crippen molar-refractivity contribution in [3.05, 3.63) is 70.7 Å². The first-order valence-corrected chi connectivity index (χ1v) is 7.57. The zero-order valence-electron chi connectivity index (χ0n) is 12.5. The zero-order valence-corrected chi connectivity index (χ0v) is 13.2. The summed E-state index contributed by atoms with van der Waals surface area (Å²) in [5.41, 5.74) is 6.86. The Kier molecular flexibility index (Phi) is 6.14. The van der Waals surface area contributed by atoms with E-state index in [1.165, 1.54) is 0 Å². The van der Waals surface area contributed by atoms with Gasteiger partial charge in [-0.15, -0.1) is 0 Å². The van der Waals surface area contributed by atoms with E-state index < -0.39 is 18.0 Å². The second kappa shape index (κ2) is 8.31. The predicted molar refractivity (Wildman–Crippen MR) is 90.1 cm³/mol. The minimum atomic E-state index is -0.868. The van der Waals surface area contributed by atoms with Gasteiger partial charge in [-0.3, -0.25) is 10.1 Å². The largest absolute Gasteiger partial charge is 0.351 e. The maximum Gasteiger partial charge on any atom is 0.318 e. The Morgan fingerprint density at radius 1 is 1.09 bits per heavy atom. The standard InChI is InChI=1S/C17H18ClN3O2/c18-14-8-4-5-12(11-14)9-10-20-15(16(22)21-17(19)23)13-6-2-1-3-7-13/h1-8,11,15,20H,9-10H2,(H3,19,21,22,23)/t15-/m1/s1. The molecule has 0 saturated carbocycles. The van der Waals surface area contributed by atoms with Crippen LogP contribution < -0.4 is 16.4 Å². The third-order valence-corrected chi connectivity index (χ3v) is 3.53. The van der Waals surface area contributed by atoms with Crippen LogP contribution in [-0.2, 0) is 11.2 Å². The van der Waals surface area contributed by atoms with E-state index in [4.69, 9.17) is 17.3 Å². The van der Waals surface area contributed by atoms with E-state index >= 15 is 0 Å². The minimum absolute atomic E-state index is 0.477. The highest BCUT2D eigenvalue weighted by atomic mass is 35.5. The molecule has 2 aromatic carbocycles. The van der Waals surface area contributed by atoms with E-state index in [9.17, 15) is 9.59 Å². The van der Waals surface area contributed by atoms with Crippen molar-refractivity contribution in [2.45, 2.75) is 12.5 Å². The zero-order chi connectivity index (χ0) is 16.7. The molecule has 0 bridgehead atoms. The van der Waals surface area contributed by atoms with Crippen LogP contribution in [-0.4, -0.2) is 18.5 Å². The molecule has 0 unspecified atom stereocenters. The van der Waals surface area contributed by atoms with Crippen molar-refractivity contribution in [3.63, 3.8) is 0 Å². The van der Waals surface area contributed by atoms with Crippen LogP contribution in [0.2, 0.25) is 5.02 Å². The molecule has 2 rings (SSSR count). The van der Waals surface area contributed by atoms with Crippen LogP contribution >= 0.6 is 11.6 Å². The predicted octanol–water partition coefficient (Wildman–Crippen LogP) is 2.41. The second-order valence-electron chi connectivity index (χ2n) is 5.03. The number of hydrogen-bond acceptors (Lipinski definition) is 3. The molecular formula is C17H18ClN3O2. The first kappa shape index (κ1) is 17.0. The Hall–Kier alpha value is -2.37. The van der Waals surface area contributed by atoms with Crippen molar-refractivity contribution >= 4 is 23.5 Å². The van der Waals surface area contributed by atoms with Crippen molar-refractivity contribution in [1.82, 2.24) is 10.6 Å². The summed E-state index contributed by atoms with van der Waals surface area (Å²) in [4.78, 5) is 23.1. The fourth-order valence-corrected chi connectivity index (χ4v) is 2.47. The fraction of sp³-hybridized carbons (Fsp3) is 0.176. The highest BCUT2D eigenvalue weighted by Gasteiger charge is 2.20. The lowest BCUT2D eigenvalue weighted by Crippen LogP contribution is -2.43. The lowest BCUT2D eigenvalue weighted by atomic mass is 10.1. The maximum absolute atomic E-state index is 12.2. The number of carbonyl (C=O) groups is 2. The molecular weight excluding hydrogens is 314 g/mol. The first-order valence-electron chi connectivity index (χ1n) is 7.19. The average molecular weight is 332 g/mol. The third kappa shape index (κ3) is 5.39. The molecule has 0 aromatic heterocycles. The van der Waals surface area contributed by atoms with Crippen molar-refractivity contribution in [1.29, 1.82) is 0 Å². The minimum Gasteiger partial charge on any atom is -0.351 e. The van der Waals surface area contributed by atoms with E-state index in [-0.39, 0.29) is 0 Å². The molecule has 6 heteroatoms. The second-order valence-corrected chi connectivity index (χ2v) is 5.47. The summed E-state index contributed by atoms with van der Waals surface area (Å²) in [7, 11) is 0. The molecule has 23 heavy (non-hydrogen) atoms. The van der Waals surface area contributed by atoms with Gasteiger partial charge in [0.1, 0.15) is 6.04 Å². The maximum atomic E-state index is 12.2. The van der Waals surface area contributed by atoms with Gasteiger partial charge in [-0.2, -0.15) is 0 Å². The van der Waals surface area contributed by atoms with Gasteiger partial charge >= 0.3 is 6.03 Å². The smallest absolute Gasteiger partial charge is 0.318 e. The number of urea groups is 1. The van der Waals surface area contributed by atoms with Crippen molar-refractivity contribution in [2.75, 3.05) is 6.54 Å². The molecule has 120 valence electrons. The monoisotopic (exact) mass is 331 g/mol. The van der Waals surface area contributed by atoms with Crippen LogP contribution in [0.15, 0.2) is 54.6 Å². The number of benzene rings is 2. The number of carbonyl (C=O) groups excluding carboxylic acids is 2. The summed E-state index contributed by atoms with van der Waals surface area (Å²) in [6.45, 7) is 0.548. The van der Waals surface area contributed by atoms with Crippen LogP contribution in [0.1, 0.15) is 17.2 Å². The molecule has 3 amide bonds. The van der Waals surface area contributed by atoms with Crippen LogP contribution in [0.3, 0.4) is 0 Å². The molecule has 0 aliphatic rings. The van der Waals surface area contributed by atoms with Gasteiger partial charge in [0.25, 0.3) is 0 Å². The molecule has 0 heterocycles. The van der Waals surface area contributed by atoms with Crippen LogP contribution in [0.25, 0.3) is 0 Å². The molecule has 1 atom stereocenters. The Bertz CT molecular complexity index is 677. The molecule has 0 aliphatic heterocycles. The van der Waals surface area contributed by atoms with E-state index in [2.05, 4.69) is 10.6 Å². The van der Waals surface area contributed by atoms with Gasteiger partial charge in [0.2, 0.25) is 5.91 Å². The number of hydrogen-bond donors (Lipinski definition) is 3. The summed E-state index contributed by atoms with van der Waals surface area (Å²) in [5, 5.41) is 5.94. The molecule has 4 N–H and O–H groups in total. The molecule has 0 aliphatic carbocycles. The van der Waals surface area contributed by atoms with E-state index in [0.29, 0.717) is 18.0 Å². The van der Waals surface area contributed by atoms with Gasteiger partial charge in [0, 0.05) is 11.6 Å². The number of halogens is 1. The molecule has 0 saturated heterocycles. The highest BCUT2D eigenvalue weighted by molar-refractivity contribution is 6.30. The average Bonchev–Trinajstić information content (AvgIpc) is 2.51. The Morgan fingerprint density at radius 2 is 1.83 bits per heavy atom. The Labute approximate surface area is 139 Å². The van der Waals surface area contributed by atoms with Gasteiger partial charge in [-0.1, -0.05) is 54.1 Å². The summed E-state index contributed by atoms with van der Waals surface area (Å²) in [6.07, 6.45) is 0.702. The number of nitrogens with two attached hydrogens (primary N) is 1. The lowest BCUT2D eigenvalue weighted by Gasteiger charge is -2.18. The number of primary amides is 1. The number of amides is 3. The molecule has 5 nitrogen and oxygen atoms in total. The third-order valence-electron chi connectivity index (χ3n) is 3.29. The van der Waals surface area contributed by atoms with Gasteiger partial charge in [-0.05, 0) is 29.7 Å². The SMILES string of the molecule is NC(=O)NC(=O)[C@H](NCCc1cccc(Cl)c1)c1ccccc1. The summed E-state index contributed by atoms with van der Waals surface area (Å²) >= 11 is 5.95. The molecule has 0 spiro atoms. The highest BCUT2D eigenvalue weighted by Crippen LogP contribution is 2.14. The van der Waals surface area contributed by atoms with Gasteiger partial charge in [0.05, 0.1) is 0 Å². The lowest BCUT2D eigenvalue weighted by molar-refractivity contribution is -0.122. The van der Waals surface area contributed by atoms with E-state index in [0.717, 1.165) is 11.1 Å². The van der Waals surface area contributed by atoms with Gasteiger partial charge < -0.3 is 11.1 Å². The van der Waals surface area contributed by atoms with Crippen LogP contribution in [0.5, 0.6) is 0 Å². The first-order chi connectivity index (χ1) is 11.1. The van der Waals surface area contributed by atoms with Crippen molar-refractivity contribution in [3.8, 4) is 0 Å². The van der Waals surface area contributed by atoms with Crippen LogP contribution in [0.4, 0.5) is 4.79 Å². The van der Waals surface area contributed by atoms with Gasteiger partial charge in [-0.25, -0.2) is 4.79 Å². The quantitative estimate of drug-likeness (QED) is 0.760. The summed E-state index contributed by atoms with van der Waals surface area (Å²) in [6, 6.07) is 15.2. The molecule has 0 radical (unpaired) electrons. The number of imide groups is 1. The normalized spacial score (nSPS) is 11.7. The number of rotatable bonds is 6. The summed E-state index contributed by atoms with van der Waals surface area (Å²) < 4.78 is 0. The van der Waals surface area contributed by atoms with E-state index in [1.54, 1.807) is 0 Å². The Balaban J connectivity index is 2.03. The summed E-state index contributed by atoms with van der Waals surface area (Å²) in [5.74, 6) is -0.477. The van der Waals surface area contributed by atoms with E-state index in [1.807, 2.05) is 54.6 Å². The van der Waals surface area contributed by atoms with Crippen molar-refractivity contribution in [2.24, 2.45) is 5.73 Å². The fourth-order valence-electron chi connectivity index (χ4n) is 2.25. The number of nitrogens with one attached hydrogen (secondary N) is 2. The van der Waals surface area contributed by atoms with Crippen LogP contribution in [0, 0.1) is 0 Å². The van der Waals surface area contributed by atoms with Crippen molar-refractivity contribution < 1.29 is 9.59 Å². The topological polar surface area (TPSA) is 84.2 Å².